The molecule has 1 amide bonds. The van der Waals surface area contributed by atoms with Gasteiger partial charge in [0.25, 0.3) is 0 Å². The van der Waals surface area contributed by atoms with Crippen molar-refractivity contribution in [1.29, 1.82) is 0 Å². The van der Waals surface area contributed by atoms with Crippen molar-refractivity contribution in [3.63, 3.8) is 0 Å². The minimum Gasteiger partial charge on any atom is -0.497 e. The van der Waals surface area contributed by atoms with Gasteiger partial charge >= 0.3 is 12.2 Å². The van der Waals surface area contributed by atoms with E-state index in [4.69, 9.17) is 9.47 Å². The average molecular weight is 510 g/mol. The van der Waals surface area contributed by atoms with Gasteiger partial charge in [-0.3, -0.25) is 4.57 Å². The Morgan fingerprint density at radius 1 is 1.08 bits per heavy atom. The molecule has 0 aliphatic heterocycles. The first-order valence-corrected chi connectivity index (χ1v) is 10.7. The number of ether oxygens (including phenoxy) is 2. The summed E-state index contributed by atoms with van der Waals surface area (Å²) >= 11 is 0. The Hall–Kier alpha value is -5.01. The van der Waals surface area contributed by atoms with Gasteiger partial charge in [-0.25, -0.2) is 9.78 Å². The van der Waals surface area contributed by atoms with Crippen LogP contribution in [0.5, 0.6) is 17.4 Å². The van der Waals surface area contributed by atoms with Gasteiger partial charge in [0.15, 0.2) is 12.2 Å². The second kappa shape index (κ2) is 9.56. The van der Waals surface area contributed by atoms with Crippen molar-refractivity contribution in [2.75, 3.05) is 12.4 Å². The maximum atomic E-state index is 13.2. The lowest BCUT2D eigenvalue weighted by molar-refractivity contribution is -0.137. The van der Waals surface area contributed by atoms with Crippen LogP contribution >= 0.6 is 0 Å². The Bertz CT molecular complexity index is 1570. The molecule has 37 heavy (non-hydrogen) atoms. The second-order valence-electron chi connectivity index (χ2n) is 7.66. The van der Waals surface area contributed by atoms with Gasteiger partial charge in [-0.1, -0.05) is 0 Å². The van der Waals surface area contributed by atoms with Gasteiger partial charge in [0, 0.05) is 41.7 Å². The molecule has 2 aromatic carbocycles. The quantitative estimate of drug-likeness (QED) is 0.358. The Morgan fingerprint density at radius 2 is 1.95 bits per heavy atom. The molecule has 0 radical (unpaired) electrons. The number of methoxy groups -OCH3 is 1. The average Bonchev–Trinajstić information content (AvgIpc) is 3.53. The topological polar surface area (TPSA) is 122 Å². The number of tetrazole rings is 1. The highest BCUT2D eigenvalue weighted by atomic mass is 19.4. The van der Waals surface area contributed by atoms with Gasteiger partial charge < -0.3 is 14.8 Å². The van der Waals surface area contributed by atoms with E-state index >= 15 is 0 Å². The zero-order valence-corrected chi connectivity index (χ0v) is 19.0. The number of amides is 1. The SMILES string of the molecule is COc1cc(NC(=O)n2ccc3ccc(Oc4ccnc(Cn5ncnn5)n4)cc32)cc(C(F)(F)F)c1. The summed E-state index contributed by atoms with van der Waals surface area (Å²) in [5.74, 6) is 0.991. The van der Waals surface area contributed by atoms with Crippen LogP contribution in [0.4, 0.5) is 23.7 Å². The zero-order chi connectivity index (χ0) is 26.0. The van der Waals surface area contributed by atoms with Gasteiger partial charge in [-0.15, -0.1) is 10.2 Å². The molecule has 5 aromatic rings. The van der Waals surface area contributed by atoms with Crippen molar-refractivity contribution in [1.82, 2.24) is 34.7 Å². The Labute approximate surface area is 206 Å². The third-order valence-electron chi connectivity index (χ3n) is 5.18. The van der Waals surface area contributed by atoms with E-state index in [2.05, 4.69) is 30.7 Å². The molecule has 0 saturated carbocycles. The number of nitrogens with zero attached hydrogens (tertiary/aromatic N) is 7. The van der Waals surface area contributed by atoms with Crippen molar-refractivity contribution >= 4 is 22.6 Å². The van der Waals surface area contributed by atoms with Crippen molar-refractivity contribution in [3.8, 4) is 17.4 Å². The summed E-state index contributed by atoms with van der Waals surface area (Å²) in [7, 11) is 1.24. The molecule has 11 nitrogen and oxygen atoms in total. The molecule has 0 fully saturated rings. The fraction of sp³-hybridized carbons (Fsp3) is 0.130. The first-order chi connectivity index (χ1) is 17.8. The van der Waals surface area contributed by atoms with Crippen LogP contribution in [-0.4, -0.2) is 47.9 Å². The Kier molecular flexibility index (Phi) is 6.13. The molecule has 1 N–H and O–H groups in total. The van der Waals surface area contributed by atoms with Gasteiger partial charge in [-0.05, 0) is 35.5 Å². The number of rotatable bonds is 6. The lowest BCUT2D eigenvalue weighted by atomic mass is 10.2. The molecule has 5 rings (SSSR count). The molecule has 0 bridgehead atoms. The first-order valence-electron chi connectivity index (χ1n) is 10.7. The summed E-state index contributed by atoms with van der Waals surface area (Å²) < 4.78 is 51.8. The number of halogens is 3. The van der Waals surface area contributed by atoms with Crippen LogP contribution in [0.25, 0.3) is 10.9 Å². The lowest BCUT2D eigenvalue weighted by Crippen LogP contribution is -2.19. The highest BCUT2D eigenvalue weighted by molar-refractivity contribution is 5.99. The largest absolute Gasteiger partial charge is 0.497 e. The number of hydrogen-bond donors (Lipinski definition) is 1. The molecule has 188 valence electrons. The second-order valence-corrected chi connectivity index (χ2v) is 7.66. The number of alkyl halides is 3. The van der Waals surface area contributed by atoms with E-state index in [0.717, 1.165) is 12.1 Å². The number of aromatic nitrogens is 7. The number of carbonyl (C=O) groups excluding carboxylic acids is 1. The van der Waals surface area contributed by atoms with Crippen LogP contribution in [0, 0.1) is 0 Å². The van der Waals surface area contributed by atoms with Gasteiger partial charge in [0.05, 0.1) is 18.2 Å². The highest BCUT2D eigenvalue weighted by Crippen LogP contribution is 2.34. The molecule has 0 atom stereocenters. The van der Waals surface area contributed by atoms with E-state index in [1.54, 1.807) is 30.3 Å². The van der Waals surface area contributed by atoms with Crippen LogP contribution in [0.15, 0.2) is 67.3 Å². The number of fused-ring (bicyclic) bond motifs is 1. The van der Waals surface area contributed by atoms with E-state index < -0.39 is 17.8 Å². The van der Waals surface area contributed by atoms with Crippen molar-refractivity contribution in [2.45, 2.75) is 12.7 Å². The first kappa shape index (κ1) is 23.7. The van der Waals surface area contributed by atoms with Crippen LogP contribution in [0.1, 0.15) is 11.4 Å². The van der Waals surface area contributed by atoms with E-state index in [1.807, 2.05) is 0 Å². The van der Waals surface area contributed by atoms with E-state index in [-0.39, 0.29) is 23.9 Å². The zero-order valence-electron chi connectivity index (χ0n) is 19.0. The summed E-state index contributed by atoms with van der Waals surface area (Å²) in [6, 6.07) is 10.6. The minimum atomic E-state index is -4.60. The molecular weight excluding hydrogens is 493 g/mol. The van der Waals surface area contributed by atoms with Crippen LogP contribution < -0.4 is 14.8 Å². The maximum absolute atomic E-state index is 13.2. The van der Waals surface area contributed by atoms with Gasteiger partial charge in [-0.2, -0.15) is 23.0 Å². The summed E-state index contributed by atoms with van der Waals surface area (Å²) in [5, 5.41) is 14.5. The molecule has 3 heterocycles. The van der Waals surface area contributed by atoms with Crippen molar-refractivity contribution < 1.29 is 27.4 Å². The molecule has 3 aromatic heterocycles. The lowest BCUT2D eigenvalue weighted by Gasteiger charge is -2.13. The molecule has 14 heteroatoms. The van der Waals surface area contributed by atoms with Crippen molar-refractivity contribution in [2.24, 2.45) is 0 Å². The van der Waals surface area contributed by atoms with E-state index in [9.17, 15) is 18.0 Å². The van der Waals surface area contributed by atoms with Gasteiger partial charge in [0.2, 0.25) is 5.88 Å². The van der Waals surface area contributed by atoms with Crippen LogP contribution in [0.2, 0.25) is 0 Å². The standard InChI is InChI=1S/C23H17F3N8O3/c1-36-18-9-15(23(24,25)26)8-16(10-18)30-22(35)33-7-5-14-2-3-17(11-19(14)33)37-21-4-6-27-20(31-21)12-34-29-13-28-32-34/h2-11,13H,12H2,1H3,(H,30,35). The fourth-order valence-electron chi connectivity index (χ4n) is 3.51. The predicted octanol–water partition coefficient (Wildman–Crippen LogP) is 4.37. The summed E-state index contributed by atoms with van der Waals surface area (Å²) in [6.45, 7) is 0.194. The Morgan fingerprint density at radius 3 is 2.70 bits per heavy atom. The normalized spacial score (nSPS) is 11.5. The number of carbonyl (C=O) groups is 1. The number of anilines is 1. The third kappa shape index (κ3) is 5.32. The number of nitrogens with one attached hydrogen (secondary N) is 1. The maximum Gasteiger partial charge on any atom is 0.416 e. The Balaban J connectivity index is 1.38. The van der Waals surface area contributed by atoms with Crippen LogP contribution in [-0.2, 0) is 12.7 Å². The third-order valence-corrected chi connectivity index (χ3v) is 5.18. The molecular formula is C23H17F3N8O3. The van der Waals surface area contributed by atoms with Gasteiger partial charge in [0.1, 0.15) is 18.0 Å². The number of benzene rings is 2. The fourth-order valence-corrected chi connectivity index (χ4v) is 3.51. The van der Waals surface area contributed by atoms with Crippen molar-refractivity contribution in [3.05, 3.63) is 78.6 Å². The molecule has 0 spiro atoms. The molecule has 0 aliphatic carbocycles. The summed E-state index contributed by atoms with van der Waals surface area (Å²) in [6.07, 6.45) is -0.285. The summed E-state index contributed by atoms with van der Waals surface area (Å²) in [4.78, 5) is 22.7. The van der Waals surface area contributed by atoms with E-state index in [1.165, 1.54) is 41.3 Å². The molecule has 0 saturated heterocycles. The van der Waals surface area contributed by atoms with E-state index in [0.29, 0.717) is 22.5 Å². The summed E-state index contributed by atoms with van der Waals surface area (Å²) in [5.41, 5.74) is -0.546. The predicted molar refractivity (Wildman–Crippen MR) is 123 cm³/mol. The minimum absolute atomic E-state index is 0.0398. The smallest absolute Gasteiger partial charge is 0.416 e. The molecule has 0 aliphatic rings. The molecule has 0 unspecified atom stereocenters. The number of hydrogen-bond acceptors (Lipinski definition) is 8. The van der Waals surface area contributed by atoms with Crippen LogP contribution in [0.3, 0.4) is 0 Å². The highest BCUT2D eigenvalue weighted by Gasteiger charge is 2.31. The monoisotopic (exact) mass is 510 g/mol.